The van der Waals surface area contributed by atoms with E-state index in [1.165, 1.54) is 68.6 Å². The van der Waals surface area contributed by atoms with E-state index in [9.17, 15) is 21.9 Å². The third-order valence-electron chi connectivity index (χ3n) is 4.30. The lowest BCUT2D eigenvalue weighted by Gasteiger charge is -2.14. The van der Waals surface area contributed by atoms with Crippen molar-refractivity contribution in [1.82, 2.24) is 0 Å². The molecular weight excluding hydrogens is 450 g/mol. The fourth-order valence-corrected chi connectivity index (χ4v) is 5.33. The smallest absolute Gasteiger partial charge is 0.261 e. The summed E-state index contributed by atoms with van der Waals surface area (Å²) in [5.41, 5.74) is 0.186. The van der Waals surface area contributed by atoms with Crippen LogP contribution in [0.25, 0.3) is 0 Å². The number of hydrogen-bond donors (Lipinski definition) is 2. The van der Waals surface area contributed by atoms with E-state index < -0.39 is 30.5 Å². The van der Waals surface area contributed by atoms with Crippen LogP contribution in [0, 0.1) is 6.92 Å². The van der Waals surface area contributed by atoms with E-state index in [1.807, 2.05) is 0 Å². The number of anilines is 1. The van der Waals surface area contributed by atoms with Gasteiger partial charge in [0, 0.05) is 5.02 Å². The maximum Gasteiger partial charge on any atom is 0.261 e. The van der Waals surface area contributed by atoms with Crippen LogP contribution in [0.1, 0.15) is 5.56 Å². The summed E-state index contributed by atoms with van der Waals surface area (Å²) in [6, 6.07) is 13.6. The van der Waals surface area contributed by atoms with Crippen LogP contribution >= 0.6 is 11.6 Å². The average Bonchev–Trinajstić information content (AvgIpc) is 2.70. The molecule has 0 aliphatic carbocycles. The summed E-state index contributed by atoms with van der Waals surface area (Å²) in [6.45, 7) is 1.47. The molecule has 0 bridgehead atoms. The normalized spacial score (nSPS) is 11.8. The van der Waals surface area contributed by atoms with Gasteiger partial charge in [-0.15, -0.1) is 0 Å². The molecule has 0 radical (unpaired) electrons. The maximum absolute atomic E-state index is 13.0. The van der Waals surface area contributed by atoms with Gasteiger partial charge in [-0.1, -0.05) is 11.6 Å². The largest absolute Gasteiger partial charge is 0.506 e. The fourth-order valence-electron chi connectivity index (χ4n) is 2.72. The van der Waals surface area contributed by atoms with E-state index in [0.29, 0.717) is 10.8 Å². The molecule has 0 aliphatic heterocycles. The number of phenolic OH excluding ortho intramolecular Hbond substituents is 1. The standard InChI is InChI=1S/C20H18ClNO6S2/c1-13-11-15(22-30(26,27)18-7-3-14(21)4-8-18)12-19(20(13)23)29(24,25)17-9-5-16(28-2)6-10-17/h3-12,22-23H,1-2H3. The molecule has 0 heterocycles. The van der Waals surface area contributed by atoms with Gasteiger partial charge in [0.2, 0.25) is 9.84 Å². The van der Waals surface area contributed by atoms with Crippen LogP contribution in [0.5, 0.6) is 11.5 Å². The molecule has 0 saturated carbocycles. The Balaban J connectivity index is 2.04. The van der Waals surface area contributed by atoms with Gasteiger partial charge in [0.05, 0.1) is 22.6 Å². The van der Waals surface area contributed by atoms with E-state index in [1.54, 1.807) is 0 Å². The first-order valence-corrected chi connectivity index (χ1v) is 11.9. The minimum Gasteiger partial charge on any atom is -0.506 e. The zero-order valence-electron chi connectivity index (χ0n) is 16.0. The van der Waals surface area contributed by atoms with Crippen molar-refractivity contribution >= 4 is 37.1 Å². The van der Waals surface area contributed by atoms with E-state index in [-0.39, 0.29) is 21.0 Å². The number of sulfonamides is 1. The highest BCUT2D eigenvalue weighted by atomic mass is 35.5. The minimum atomic E-state index is -4.12. The molecule has 3 rings (SSSR count). The monoisotopic (exact) mass is 467 g/mol. The summed E-state index contributed by atoms with van der Waals surface area (Å²) in [5.74, 6) is 0.0130. The summed E-state index contributed by atoms with van der Waals surface area (Å²) in [5, 5.41) is 10.7. The van der Waals surface area contributed by atoms with E-state index in [0.717, 1.165) is 6.07 Å². The van der Waals surface area contributed by atoms with Crippen molar-refractivity contribution in [2.75, 3.05) is 11.8 Å². The van der Waals surface area contributed by atoms with Gasteiger partial charge in [-0.3, -0.25) is 4.72 Å². The minimum absolute atomic E-state index is 0.00710. The Morgan fingerprint density at radius 1 is 0.900 bits per heavy atom. The number of aromatic hydroxyl groups is 1. The van der Waals surface area contributed by atoms with Gasteiger partial charge in [0.25, 0.3) is 10.0 Å². The van der Waals surface area contributed by atoms with Gasteiger partial charge < -0.3 is 9.84 Å². The van der Waals surface area contributed by atoms with Gasteiger partial charge in [-0.05, 0) is 73.2 Å². The number of ether oxygens (including phenoxy) is 1. The molecule has 0 spiro atoms. The molecule has 2 N–H and O–H groups in total. The van der Waals surface area contributed by atoms with Gasteiger partial charge in [0.1, 0.15) is 16.4 Å². The zero-order valence-corrected chi connectivity index (χ0v) is 18.3. The molecule has 3 aromatic carbocycles. The van der Waals surface area contributed by atoms with Gasteiger partial charge in [0.15, 0.2) is 0 Å². The lowest BCUT2D eigenvalue weighted by molar-refractivity contribution is 0.414. The number of rotatable bonds is 6. The summed E-state index contributed by atoms with van der Waals surface area (Å²) in [6.07, 6.45) is 0. The first kappa shape index (κ1) is 21.9. The number of nitrogens with one attached hydrogen (secondary N) is 1. The molecule has 10 heteroatoms. The lowest BCUT2D eigenvalue weighted by atomic mass is 10.2. The maximum atomic E-state index is 13.0. The highest BCUT2D eigenvalue weighted by Gasteiger charge is 2.25. The van der Waals surface area contributed by atoms with Crippen molar-refractivity contribution in [3.05, 3.63) is 71.2 Å². The molecule has 0 saturated heterocycles. The number of benzene rings is 3. The highest BCUT2D eigenvalue weighted by Crippen LogP contribution is 2.35. The van der Waals surface area contributed by atoms with Crippen LogP contribution < -0.4 is 9.46 Å². The second-order valence-corrected chi connectivity index (χ2v) is 10.4. The van der Waals surface area contributed by atoms with Crippen LogP contribution in [0.2, 0.25) is 5.02 Å². The third-order valence-corrected chi connectivity index (χ3v) is 7.73. The number of hydrogen-bond acceptors (Lipinski definition) is 6. The van der Waals surface area contributed by atoms with Gasteiger partial charge in [-0.2, -0.15) is 0 Å². The SMILES string of the molecule is COc1ccc(S(=O)(=O)c2cc(NS(=O)(=O)c3ccc(Cl)cc3)cc(C)c2O)cc1. The molecular formula is C20H18ClNO6S2. The lowest BCUT2D eigenvalue weighted by Crippen LogP contribution is -2.14. The van der Waals surface area contributed by atoms with Gasteiger partial charge in [-0.25, -0.2) is 16.8 Å². The Labute approximate surface area is 179 Å². The van der Waals surface area contributed by atoms with Crippen LogP contribution in [0.3, 0.4) is 0 Å². The third kappa shape index (κ3) is 4.38. The summed E-state index contributed by atoms with van der Waals surface area (Å²) in [7, 11) is -6.67. The zero-order chi connectivity index (χ0) is 22.1. The Morgan fingerprint density at radius 3 is 2.03 bits per heavy atom. The van der Waals surface area contributed by atoms with Crippen molar-refractivity contribution < 1.29 is 26.7 Å². The Morgan fingerprint density at radius 2 is 1.47 bits per heavy atom. The predicted octanol–water partition coefficient (Wildman–Crippen LogP) is 4.00. The van der Waals surface area contributed by atoms with Crippen LogP contribution in [0.4, 0.5) is 5.69 Å². The average molecular weight is 468 g/mol. The molecule has 158 valence electrons. The molecule has 0 unspecified atom stereocenters. The molecule has 30 heavy (non-hydrogen) atoms. The summed E-state index contributed by atoms with van der Waals surface area (Å²) in [4.78, 5) is -0.533. The topological polar surface area (TPSA) is 110 Å². The first-order chi connectivity index (χ1) is 14.0. The molecule has 0 aliphatic rings. The number of halogens is 1. The predicted molar refractivity (Wildman–Crippen MR) is 114 cm³/mol. The highest BCUT2D eigenvalue weighted by molar-refractivity contribution is 7.92. The second-order valence-electron chi connectivity index (χ2n) is 6.38. The van der Waals surface area contributed by atoms with Crippen molar-refractivity contribution in [1.29, 1.82) is 0 Å². The van der Waals surface area contributed by atoms with Crippen molar-refractivity contribution in [2.45, 2.75) is 21.6 Å². The van der Waals surface area contributed by atoms with E-state index >= 15 is 0 Å². The number of sulfone groups is 1. The Kier molecular flexibility index (Phi) is 5.98. The van der Waals surface area contributed by atoms with Crippen molar-refractivity contribution in [3.63, 3.8) is 0 Å². The molecule has 0 amide bonds. The quantitative estimate of drug-likeness (QED) is 0.530. The number of aryl methyl sites for hydroxylation is 1. The molecule has 0 aromatic heterocycles. The second kappa shape index (κ2) is 8.17. The van der Waals surface area contributed by atoms with Crippen LogP contribution in [0.15, 0.2) is 75.4 Å². The molecule has 0 atom stereocenters. The van der Waals surface area contributed by atoms with E-state index in [2.05, 4.69) is 4.72 Å². The molecule has 7 nitrogen and oxygen atoms in total. The van der Waals surface area contributed by atoms with Crippen LogP contribution in [-0.2, 0) is 19.9 Å². The van der Waals surface area contributed by atoms with Gasteiger partial charge >= 0.3 is 0 Å². The van der Waals surface area contributed by atoms with Crippen molar-refractivity contribution in [2.24, 2.45) is 0 Å². The fraction of sp³-hybridized carbons (Fsp3) is 0.100. The number of phenols is 1. The molecule has 3 aromatic rings. The Hall–Kier alpha value is -2.75. The van der Waals surface area contributed by atoms with Crippen LogP contribution in [-0.4, -0.2) is 29.1 Å². The first-order valence-electron chi connectivity index (χ1n) is 8.56. The Bertz CT molecular complexity index is 1290. The summed E-state index contributed by atoms with van der Waals surface area (Å²) < 4.78 is 58.7. The summed E-state index contributed by atoms with van der Waals surface area (Å²) >= 11 is 5.79. The molecule has 0 fully saturated rings. The van der Waals surface area contributed by atoms with Crippen molar-refractivity contribution in [3.8, 4) is 11.5 Å². The van der Waals surface area contributed by atoms with E-state index in [4.69, 9.17) is 16.3 Å². The number of methoxy groups -OCH3 is 1.